The Bertz CT molecular complexity index is 1000. The van der Waals surface area contributed by atoms with Gasteiger partial charge in [-0.1, -0.05) is 17.7 Å². The summed E-state index contributed by atoms with van der Waals surface area (Å²) in [6.45, 7) is 4.76. The van der Waals surface area contributed by atoms with Crippen LogP contribution in [0.25, 0.3) is 22.8 Å². The summed E-state index contributed by atoms with van der Waals surface area (Å²) in [7, 11) is 0. The average Bonchev–Trinajstić information content (AvgIpc) is 3.15. The zero-order valence-electron chi connectivity index (χ0n) is 13.3. The molecule has 1 aromatic carbocycles. The number of aromatic amines is 1. The molecule has 4 aromatic rings. The first-order valence-corrected chi connectivity index (χ1v) is 7.94. The van der Waals surface area contributed by atoms with E-state index >= 15 is 0 Å². The van der Waals surface area contributed by atoms with Gasteiger partial charge in [0.05, 0.1) is 6.54 Å². The molecule has 3 heterocycles. The van der Waals surface area contributed by atoms with Crippen LogP contribution in [-0.4, -0.2) is 29.7 Å². The number of hydrogen-bond acceptors (Lipinski definition) is 4. The van der Waals surface area contributed by atoms with Crippen LogP contribution in [0, 0.1) is 13.8 Å². The molecular formula is C17H15ClN6. The third kappa shape index (κ3) is 2.65. The molecule has 0 unspecified atom stereocenters. The first-order chi connectivity index (χ1) is 11.6. The van der Waals surface area contributed by atoms with Gasteiger partial charge in [-0.05, 0) is 43.2 Å². The number of aromatic nitrogens is 6. The molecule has 0 aliphatic heterocycles. The minimum Gasteiger partial charge on any atom is -0.320 e. The number of fused-ring (bicyclic) bond motifs is 1. The lowest BCUT2D eigenvalue weighted by atomic mass is 10.1. The van der Waals surface area contributed by atoms with Crippen LogP contribution in [-0.2, 0) is 6.54 Å². The molecule has 0 bridgehead atoms. The van der Waals surface area contributed by atoms with Crippen molar-refractivity contribution in [3.05, 3.63) is 58.5 Å². The fourth-order valence-electron chi connectivity index (χ4n) is 2.63. The highest BCUT2D eigenvalue weighted by atomic mass is 35.5. The Balaban J connectivity index is 1.70. The molecule has 6 nitrogen and oxygen atoms in total. The smallest absolute Gasteiger partial charge is 0.197 e. The van der Waals surface area contributed by atoms with Gasteiger partial charge in [-0.2, -0.15) is 5.10 Å². The summed E-state index contributed by atoms with van der Waals surface area (Å²) in [6.07, 6.45) is 3.26. The summed E-state index contributed by atoms with van der Waals surface area (Å²) >= 11 is 6.11. The Kier molecular flexibility index (Phi) is 3.54. The van der Waals surface area contributed by atoms with Gasteiger partial charge in [-0.25, -0.2) is 15.0 Å². The summed E-state index contributed by atoms with van der Waals surface area (Å²) in [4.78, 5) is 16.0. The Morgan fingerprint density at radius 1 is 1.12 bits per heavy atom. The van der Waals surface area contributed by atoms with Gasteiger partial charge in [0, 0.05) is 23.1 Å². The zero-order valence-corrected chi connectivity index (χ0v) is 14.0. The van der Waals surface area contributed by atoms with Crippen molar-refractivity contribution in [2.24, 2.45) is 0 Å². The van der Waals surface area contributed by atoms with E-state index in [1.807, 2.05) is 35.9 Å². The Hall–Kier alpha value is -2.73. The molecule has 0 aliphatic rings. The molecule has 0 atom stereocenters. The van der Waals surface area contributed by atoms with Crippen LogP contribution >= 0.6 is 11.6 Å². The van der Waals surface area contributed by atoms with Crippen molar-refractivity contribution in [2.75, 3.05) is 0 Å². The van der Waals surface area contributed by atoms with Crippen LogP contribution in [0.15, 0.2) is 36.7 Å². The van der Waals surface area contributed by atoms with E-state index in [-0.39, 0.29) is 0 Å². The zero-order chi connectivity index (χ0) is 16.7. The van der Waals surface area contributed by atoms with Gasteiger partial charge in [0.25, 0.3) is 0 Å². The highest BCUT2D eigenvalue weighted by Crippen LogP contribution is 2.21. The molecule has 0 amide bonds. The predicted molar refractivity (Wildman–Crippen MR) is 92.9 cm³/mol. The van der Waals surface area contributed by atoms with Crippen molar-refractivity contribution >= 4 is 22.9 Å². The summed E-state index contributed by atoms with van der Waals surface area (Å²) in [5.41, 5.74) is 5.40. The Morgan fingerprint density at radius 2 is 1.96 bits per heavy atom. The lowest BCUT2D eigenvalue weighted by molar-refractivity contribution is 0.664. The molecule has 1 N–H and O–H groups in total. The second-order valence-electron chi connectivity index (χ2n) is 5.71. The molecule has 0 radical (unpaired) electrons. The second kappa shape index (κ2) is 5.72. The van der Waals surface area contributed by atoms with Gasteiger partial charge in [0.1, 0.15) is 5.69 Å². The fourth-order valence-corrected chi connectivity index (χ4v) is 2.82. The minimum absolute atomic E-state index is 0.588. The van der Waals surface area contributed by atoms with E-state index in [4.69, 9.17) is 11.6 Å². The average molecular weight is 339 g/mol. The maximum absolute atomic E-state index is 6.11. The minimum atomic E-state index is 0.588. The molecular weight excluding hydrogens is 324 g/mol. The number of nitrogens with one attached hydrogen (secondary N) is 1. The van der Waals surface area contributed by atoms with Crippen LogP contribution in [0.4, 0.5) is 0 Å². The number of hydrogen-bond donors (Lipinski definition) is 1. The van der Waals surface area contributed by atoms with E-state index in [9.17, 15) is 0 Å². The lowest BCUT2D eigenvalue weighted by Gasteiger charge is -2.08. The van der Waals surface area contributed by atoms with E-state index in [1.165, 1.54) is 5.56 Å². The fraction of sp³-hybridized carbons (Fsp3) is 0.176. The van der Waals surface area contributed by atoms with Crippen molar-refractivity contribution < 1.29 is 0 Å². The van der Waals surface area contributed by atoms with Crippen molar-refractivity contribution in [1.29, 1.82) is 0 Å². The van der Waals surface area contributed by atoms with Gasteiger partial charge in [0.2, 0.25) is 0 Å². The van der Waals surface area contributed by atoms with Gasteiger partial charge >= 0.3 is 0 Å². The molecule has 3 aromatic heterocycles. The number of benzene rings is 1. The SMILES string of the molecule is Cc1ccc(Cl)cc1Cn1nc(-c2nc3nccnc3[nH]2)cc1C. The quantitative estimate of drug-likeness (QED) is 0.620. The van der Waals surface area contributed by atoms with Gasteiger partial charge in [-0.3, -0.25) is 4.68 Å². The maximum atomic E-state index is 6.11. The van der Waals surface area contributed by atoms with E-state index in [2.05, 4.69) is 32.0 Å². The van der Waals surface area contributed by atoms with Gasteiger partial charge < -0.3 is 4.98 Å². The van der Waals surface area contributed by atoms with Crippen molar-refractivity contribution in [3.63, 3.8) is 0 Å². The third-order valence-electron chi connectivity index (χ3n) is 3.99. The highest BCUT2D eigenvalue weighted by molar-refractivity contribution is 6.30. The van der Waals surface area contributed by atoms with Gasteiger partial charge in [-0.15, -0.1) is 0 Å². The maximum Gasteiger partial charge on any atom is 0.197 e. The van der Waals surface area contributed by atoms with Crippen molar-refractivity contribution in [3.8, 4) is 11.5 Å². The number of halogens is 1. The second-order valence-corrected chi connectivity index (χ2v) is 6.15. The van der Waals surface area contributed by atoms with Gasteiger partial charge in [0.15, 0.2) is 17.1 Å². The monoisotopic (exact) mass is 338 g/mol. The molecule has 0 spiro atoms. The predicted octanol–water partition coefficient (Wildman–Crippen LogP) is 3.53. The lowest BCUT2D eigenvalue weighted by Crippen LogP contribution is -2.05. The van der Waals surface area contributed by atoms with E-state index in [0.717, 1.165) is 22.0 Å². The largest absolute Gasteiger partial charge is 0.320 e. The molecule has 0 fully saturated rings. The number of imidazole rings is 1. The van der Waals surface area contributed by atoms with E-state index in [1.54, 1.807) is 12.4 Å². The molecule has 7 heteroatoms. The molecule has 0 saturated carbocycles. The van der Waals surface area contributed by atoms with Crippen LogP contribution < -0.4 is 0 Å². The van der Waals surface area contributed by atoms with Crippen LogP contribution in [0.1, 0.15) is 16.8 Å². The summed E-state index contributed by atoms with van der Waals surface area (Å²) in [5, 5.41) is 5.40. The molecule has 120 valence electrons. The number of nitrogens with zero attached hydrogens (tertiary/aromatic N) is 5. The topological polar surface area (TPSA) is 72.3 Å². The Morgan fingerprint density at radius 3 is 2.79 bits per heavy atom. The Labute approximate surface area is 143 Å². The molecule has 0 saturated heterocycles. The molecule has 24 heavy (non-hydrogen) atoms. The van der Waals surface area contributed by atoms with Crippen LogP contribution in [0.5, 0.6) is 0 Å². The summed E-state index contributed by atoms with van der Waals surface area (Å²) < 4.78 is 1.95. The third-order valence-corrected chi connectivity index (χ3v) is 4.22. The summed E-state index contributed by atoms with van der Waals surface area (Å²) in [5.74, 6) is 0.667. The van der Waals surface area contributed by atoms with E-state index in [0.29, 0.717) is 23.7 Å². The standard InChI is InChI=1S/C17H15ClN6/c1-10-3-4-13(18)8-12(10)9-24-11(2)7-14(23-24)15-21-16-17(22-15)20-6-5-19-16/h3-8H,9H2,1-2H3,(H,19,20,21,22). The normalized spacial score (nSPS) is 11.3. The van der Waals surface area contributed by atoms with Crippen molar-refractivity contribution in [2.45, 2.75) is 20.4 Å². The first kappa shape index (κ1) is 14.8. The first-order valence-electron chi connectivity index (χ1n) is 7.57. The van der Waals surface area contributed by atoms with Crippen LogP contribution in [0.2, 0.25) is 5.02 Å². The van der Waals surface area contributed by atoms with Crippen molar-refractivity contribution in [1.82, 2.24) is 29.7 Å². The highest BCUT2D eigenvalue weighted by Gasteiger charge is 2.13. The van der Waals surface area contributed by atoms with E-state index < -0.39 is 0 Å². The van der Waals surface area contributed by atoms with Crippen LogP contribution in [0.3, 0.4) is 0 Å². The molecule has 0 aliphatic carbocycles. The molecule has 4 rings (SSSR count). The number of aryl methyl sites for hydroxylation is 2. The number of rotatable bonds is 3. The summed E-state index contributed by atoms with van der Waals surface area (Å²) in [6, 6.07) is 7.90. The number of H-pyrrole nitrogens is 1.